The lowest BCUT2D eigenvalue weighted by Crippen LogP contribution is -2.49. The molecule has 0 aliphatic carbocycles. The van der Waals surface area contributed by atoms with Gasteiger partial charge >= 0.3 is 0 Å². The van der Waals surface area contributed by atoms with Crippen LogP contribution < -0.4 is 5.73 Å². The Morgan fingerprint density at radius 1 is 1.42 bits per heavy atom. The molecular weight excluding hydrogens is 262 g/mol. The SMILES string of the molecule is CC1CC(N)CN(S(=O)(=O)CCc2ccccn2)C1. The molecule has 5 nitrogen and oxygen atoms in total. The molecule has 1 saturated heterocycles. The van der Waals surface area contributed by atoms with Crippen molar-refractivity contribution in [3.05, 3.63) is 30.1 Å². The van der Waals surface area contributed by atoms with Gasteiger partial charge in [0.05, 0.1) is 5.75 Å². The number of aryl methyl sites for hydroxylation is 1. The van der Waals surface area contributed by atoms with Gasteiger partial charge in [-0.1, -0.05) is 13.0 Å². The van der Waals surface area contributed by atoms with E-state index in [1.54, 1.807) is 6.20 Å². The van der Waals surface area contributed by atoms with Crippen molar-refractivity contribution < 1.29 is 8.42 Å². The molecule has 1 aromatic rings. The van der Waals surface area contributed by atoms with Crippen molar-refractivity contribution in [3.8, 4) is 0 Å². The van der Waals surface area contributed by atoms with Crippen molar-refractivity contribution in [2.45, 2.75) is 25.8 Å². The fourth-order valence-corrected chi connectivity index (χ4v) is 4.11. The minimum absolute atomic E-state index is 0.0478. The molecule has 0 amide bonds. The third kappa shape index (κ3) is 3.99. The summed E-state index contributed by atoms with van der Waals surface area (Å²) in [5.41, 5.74) is 6.71. The van der Waals surface area contributed by atoms with Crippen molar-refractivity contribution >= 4 is 10.0 Å². The van der Waals surface area contributed by atoms with Crippen LogP contribution in [0.1, 0.15) is 19.0 Å². The van der Waals surface area contributed by atoms with Gasteiger partial charge in [0.15, 0.2) is 0 Å². The number of pyridine rings is 1. The van der Waals surface area contributed by atoms with Gasteiger partial charge in [-0.15, -0.1) is 0 Å². The van der Waals surface area contributed by atoms with Crippen LogP contribution in [0.15, 0.2) is 24.4 Å². The summed E-state index contributed by atoms with van der Waals surface area (Å²) in [6.45, 7) is 3.06. The molecule has 2 N–H and O–H groups in total. The normalized spacial score (nSPS) is 25.4. The van der Waals surface area contributed by atoms with E-state index in [1.807, 2.05) is 25.1 Å². The largest absolute Gasteiger partial charge is 0.326 e. The number of nitrogens with two attached hydrogens (primary N) is 1. The molecule has 6 heteroatoms. The van der Waals surface area contributed by atoms with E-state index in [0.717, 1.165) is 12.1 Å². The Morgan fingerprint density at radius 3 is 2.84 bits per heavy atom. The first-order chi connectivity index (χ1) is 8.97. The number of hydrogen-bond donors (Lipinski definition) is 1. The average molecular weight is 283 g/mol. The third-order valence-corrected chi connectivity index (χ3v) is 5.20. The summed E-state index contributed by atoms with van der Waals surface area (Å²) in [6.07, 6.45) is 3.02. The minimum Gasteiger partial charge on any atom is -0.326 e. The number of sulfonamides is 1. The zero-order valence-electron chi connectivity index (χ0n) is 11.2. The molecule has 19 heavy (non-hydrogen) atoms. The lowest BCUT2D eigenvalue weighted by molar-refractivity contribution is 0.254. The standard InChI is InChI=1S/C13H21N3O2S/c1-11-8-12(14)10-16(9-11)19(17,18)7-5-13-4-2-3-6-15-13/h2-4,6,11-12H,5,7-10,14H2,1H3. The number of hydrogen-bond acceptors (Lipinski definition) is 4. The Labute approximate surface area is 114 Å². The summed E-state index contributed by atoms with van der Waals surface area (Å²) in [4.78, 5) is 4.15. The van der Waals surface area contributed by atoms with Gasteiger partial charge in [0.2, 0.25) is 10.0 Å². The molecule has 1 aliphatic heterocycles. The molecule has 2 heterocycles. The van der Waals surface area contributed by atoms with Gasteiger partial charge in [-0.25, -0.2) is 12.7 Å². The van der Waals surface area contributed by atoms with Gasteiger partial charge in [0.25, 0.3) is 0 Å². The molecule has 0 aromatic carbocycles. The zero-order valence-corrected chi connectivity index (χ0v) is 12.0. The molecule has 1 aliphatic rings. The first-order valence-electron chi connectivity index (χ1n) is 6.60. The fraction of sp³-hybridized carbons (Fsp3) is 0.615. The smallest absolute Gasteiger partial charge is 0.214 e. The molecule has 0 saturated carbocycles. The molecule has 106 valence electrons. The van der Waals surface area contributed by atoms with Crippen molar-refractivity contribution in [2.75, 3.05) is 18.8 Å². The molecule has 0 radical (unpaired) electrons. The number of rotatable bonds is 4. The predicted molar refractivity (Wildman–Crippen MR) is 75.1 cm³/mol. The Hall–Kier alpha value is -0.980. The van der Waals surface area contributed by atoms with E-state index < -0.39 is 10.0 Å². The Balaban J connectivity index is 1.98. The van der Waals surface area contributed by atoms with Crippen LogP contribution in [0.4, 0.5) is 0 Å². The quantitative estimate of drug-likeness (QED) is 0.879. The minimum atomic E-state index is -3.23. The second kappa shape index (κ2) is 5.98. The highest BCUT2D eigenvalue weighted by atomic mass is 32.2. The van der Waals surface area contributed by atoms with E-state index in [9.17, 15) is 8.42 Å². The lowest BCUT2D eigenvalue weighted by Gasteiger charge is -2.33. The molecule has 0 spiro atoms. The molecule has 2 rings (SSSR count). The maximum absolute atomic E-state index is 12.3. The molecule has 1 aromatic heterocycles. The zero-order chi connectivity index (χ0) is 13.9. The van der Waals surface area contributed by atoms with E-state index in [4.69, 9.17) is 5.73 Å². The van der Waals surface area contributed by atoms with Crippen LogP contribution in [0.25, 0.3) is 0 Å². The van der Waals surface area contributed by atoms with Gasteiger partial charge in [-0.2, -0.15) is 0 Å². The van der Waals surface area contributed by atoms with Crippen molar-refractivity contribution in [3.63, 3.8) is 0 Å². The maximum atomic E-state index is 12.3. The molecule has 0 bridgehead atoms. The van der Waals surface area contributed by atoms with Crippen LogP contribution in [-0.4, -0.2) is 42.6 Å². The van der Waals surface area contributed by atoms with Crippen LogP contribution >= 0.6 is 0 Å². The van der Waals surface area contributed by atoms with E-state index in [1.165, 1.54) is 4.31 Å². The van der Waals surface area contributed by atoms with E-state index in [-0.39, 0.29) is 11.8 Å². The lowest BCUT2D eigenvalue weighted by atomic mass is 9.99. The van der Waals surface area contributed by atoms with Crippen LogP contribution in [0.5, 0.6) is 0 Å². The van der Waals surface area contributed by atoms with E-state index in [2.05, 4.69) is 4.98 Å². The summed E-state index contributed by atoms with van der Waals surface area (Å²) >= 11 is 0. The number of nitrogens with zero attached hydrogens (tertiary/aromatic N) is 2. The molecule has 2 unspecified atom stereocenters. The topological polar surface area (TPSA) is 76.3 Å². The summed E-state index contributed by atoms with van der Waals surface area (Å²) in [7, 11) is -3.23. The monoisotopic (exact) mass is 283 g/mol. The second-order valence-corrected chi connectivity index (χ2v) is 7.39. The first-order valence-corrected chi connectivity index (χ1v) is 8.21. The summed E-state index contributed by atoms with van der Waals surface area (Å²) in [5.74, 6) is 0.428. The highest BCUT2D eigenvalue weighted by molar-refractivity contribution is 7.89. The van der Waals surface area contributed by atoms with Crippen LogP contribution in [-0.2, 0) is 16.4 Å². The Kier molecular flexibility index (Phi) is 4.54. The number of aromatic nitrogens is 1. The maximum Gasteiger partial charge on any atom is 0.214 e. The second-order valence-electron chi connectivity index (χ2n) is 5.31. The fourth-order valence-electron chi connectivity index (χ4n) is 2.49. The third-order valence-electron chi connectivity index (χ3n) is 3.39. The summed E-state index contributed by atoms with van der Waals surface area (Å²) in [6, 6.07) is 5.49. The highest BCUT2D eigenvalue weighted by Crippen LogP contribution is 2.18. The van der Waals surface area contributed by atoms with Crippen LogP contribution in [0, 0.1) is 5.92 Å². The molecule has 1 fully saturated rings. The van der Waals surface area contributed by atoms with Crippen molar-refractivity contribution in [1.29, 1.82) is 0 Å². The molecule has 2 atom stereocenters. The first kappa shape index (κ1) is 14.4. The van der Waals surface area contributed by atoms with Gasteiger partial charge < -0.3 is 5.73 Å². The van der Waals surface area contributed by atoms with Crippen molar-refractivity contribution in [1.82, 2.24) is 9.29 Å². The Bertz CT molecular complexity index is 494. The van der Waals surface area contributed by atoms with Crippen LogP contribution in [0.2, 0.25) is 0 Å². The number of piperidine rings is 1. The van der Waals surface area contributed by atoms with Gasteiger partial charge in [-0.3, -0.25) is 4.98 Å². The Morgan fingerprint density at radius 2 is 2.21 bits per heavy atom. The van der Waals surface area contributed by atoms with Gasteiger partial charge in [-0.05, 0) is 24.5 Å². The summed E-state index contributed by atoms with van der Waals surface area (Å²) in [5, 5.41) is 0. The average Bonchev–Trinajstić information content (AvgIpc) is 2.37. The van der Waals surface area contributed by atoms with Gasteiger partial charge in [0, 0.05) is 37.4 Å². The van der Waals surface area contributed by atoms with Gasteiger partial charge in [0.1, 0.15) is 0 Å². The van der Waals surface area contributed by atoms with Crippen LogP contribution in [0.3, 0.4) is 0 Å². The predicted octanol–water partition coefficient (Wildman–Crippen LogP) is 0.623. The van der Waals surface area contributed by atoms with Crippen molar-refractivity contribution in [2.24, 2.45) is 11.7 Å². The molecular formula is C13H21N3O2S. The highest BCUT2D eigenvalue weighted by Gasteiger charge is 2.30. The van der Waals surface area contributed by atoms with E-state index >= 15 is 0 Å². The summed E-state index contributed by atoms with van der Waals surface area (Å²) < 4.78 is 26.1. The van der Waals surface area contributed by atoms with E-state index in [0.29, 0.717) is 25.4 Å².